The highest BCUT2D eigenvalue weighted by Crippen LogP contribution is 2.31. The van der Waals surface area contributed by atoms with Crippen molar-refractivity contribution in [3.63, 3.8) is 0 Å². The van der Waals surface area contributed by atoms with Gasteiger partial charge < -0.3 is 10.1 Å². The second-order valence-corrected chi connectivity index (χ2v) is 5.91. The average Bonchev–Trinajstić information content (AvgIpc) is 2.98. The molecule has 0 saturated carbocycles. The molecule has 0 saturated heterocycles. The molecule has 1 N–H and O–H groups in total. The van der Waals surface area contributed by atoms with Crippen molar-refractivity contribution >= 4 is 34.1 Å². The molecule has 0 spiro atoms. The number of aromatic nitrogens is 1. The predicted octanol–water partition coefficient (Wildman–Crippen LogP) is 3.83. The molecular weight excluding hydrogens is 312 g/mol. The summed E-state index contributed by atoms with van der Waals surface area (Å²) in [6.07, 6.45) is 1.62. The third-order valence-electron chi connectivity index (χ3n) is 3.85. The minimum absolute atomic E-state index is 0.186. The number of rotatable bonds is 2. The van der Waals surface area contributed by atoms with Crippen molar-refractivity contribution in [3.8, 4) is 5.75 Å². The summed E-state index contributed by atoms with van der Waals surface area (Å²) in [5.41, 5.74) is 2.50. The van der Waals surface area contributed by atoms with E-state index in [9.17, 15) is 4.79 Å². The van der Waals surface area contributed by atoms with E-state index in [-0.39, 0.29) is 5.91 Å². The van der Waals surface area contributed by atoms with Gasteiger partial charge in [-0.05, 0) is 35.9 Å². The highest BCUT2D eigenvalue weighted by Gasteiger charge is 2.29. The van der Waals surface area contributed by atoms with Crippen molar-refractivity contribution in [2.75, 3.05) is 5.32 Å². The smallest absolute Gasteiger partial charge is 0.265 e. The van der Waals surface area contributed by atoms with Gasteiger partial charge >= 0.3 is 0 Å². The van der Waals surface area contributed by atoms with E-state index < -0.39 is 6.10 Å². The Labute approximate surface area is 138 Å². The quantitative estimate of drug-likeness (QED) is 0.779. The summed E-state index contributed by atoms with van der Waals surface area (Å²) in [4.78, 5) is 16.7. The number of pyridine rings is 1. The minimum atomic E-state index is -0.546. The van der Waals surface area contributed by atoms with E-state index in [4.69, 9.17) is 16.3 Å². The van der Waals surface area contributed by atoms with Crippen molar-refractivity contribution in [3.05, 3.63) is 65.3 Å². The second-order valence-electron chi connectivity index (χ2n) is 5.47. The second kappa shape index (κ2) is 5.56. The number of anilines is 1. The molecule has 4 rings (SSSR count). The van der Waals surface area contributed by atoms with Crippen molar-refractivity contribution in [2.45, 2.75) is 12.5 Å². The van der Waals surface area contributed by atoms with E-state index in [1.54, 1.807) is 18.3 Å². The molecule has 0 radical (unpaired) electrons. The normalized spacial score (nSPS) is 16.0. The lowest BCUT2D eigenvalue weighted by Gasteiger charge is -2.11. The van der Waals surface area contributed by atoms with Gasteiger partial charge in [0, 0.05) is 16.8 Å². The molecule has 3 aromatic rings. The summed E-state index contributed by atoms with van der Waals surface area (Å²) in [6, 6.07) is 15.1. The van der Waals surface area contributed by atoms with Crippen LogP contribution in [0.2, 0.25) is 5.02 Å². The first-order chi connectivity index (χ1) is 11.2. The fourth-order valence-corrected chi connectivity index (χ4v) is 2.92. The largest absolute Gasteiger partial charge is 0.480 e. The molecule has 114 valence electrons. The summed E-state index contributed by atoms with van der Waals surface area (Å²) >= 11 is 5.97. The van der Waals surface area contributed by atoms with Crippen LogP contribution in [0.1, 0.15) is 5.56 Å². The van der Waals surface area contributed by atoms with Gasteiger partial charge in [-0.15, -0.1) is 0 Å². The fraction of sp³-hybridized carbons (Fsp3) is 0.111. The number of ether oxygens (including phenoxy) is 1. The van der Waals surface area contributed by atoms with Crippen LogP contribution in [0.4, 0.5) is 5.69 Å². The van der Waals surface area contributed by atoms with E-state index in [2.05, 4.69) is 10.3 Å². The first-order valence-corrected chi connectivity index (χ1v) is 7.67. The van der Waals surface area contributed by atoms with Crippen LogP contribution in [0.25, 0.3) is 10.9 Å². The standard InChI is InChI=1S/C18H13ClN2O2/c19-13-5-6-16-12(7-13)9-17(23-16)18(22)21-14-8-11-3-1-2-4-15(11)20-10-14/h1-8,10,17H,9H2,(H,21,22). The lowest BCUT2D eigenvalue weighted by Crippen LogP contribution is -2.31. The van der Waals surface area contributed by atoms with Crippen LogP contribution < -0.4 is 10.1 Å². The molecule has 2 aromatic carbocycles. The third kappa shape index (κ3) is 2.73. The summed E-state index contributed by atoms with van der Waals surface area (Å²) < 4.78 is 5.69. The first-order valence-electron chi connectivity index (χ1n) is 7.30. The molecule has 1 aliphatic heterocycles. The van der Waals surface area contributed by atoms with Gasteiger partial charge in [-0.3, -0.25) is 9.78 Å². The predicted molar refractivity (Wildman–Crippen MR) is 89.9 cm³/mol. The highest BCUT2D eigenvalue weighted by molar-refractivity contribution is 6.30. The summed E-state index contributed by atoms with van der Waals surface area (Å²) in [5, 5.41) is 4.49. The Bertz CT molecular complexity index is 910. The van der Waals surface area contributed by atoms with E-state index in [1.807, 2.05) is 36.4 Å². The number of amides is 1. The number of fused-ring (bicyclic) bond motifs is 2. The maximum atomic E-state index is 12.4. The Hall–Kier alpha value is -2.59. The molecule has 1 amide bonds. The molecule has 23 heavy (non-hydrogen) atoms. The van der Waals surface area contributed by atoms with Crippen LogP contribution >= 0.6 is 11.6 Å². The van der Waals surface area contributed by atoms with Crippen LogP contribution in [-0.4, -0.2) is 17.0 Å². The number of nitrogens with zero attached hydrogens (tertiary/aromatic N) is 1. The molecule has 0 fully saturated rings. The van der Waals surface area contributed by atoms with Crippen LogP contribution in [0.5, 0.6) is 5.75 Å². The molecule has 0 aliphatic carbocycles. The number of nitrogens with one attached hydrogen (secondary N) is 1. The minimum Gasteiger partial charge on any atom is -0.480 e. The Morgan fingerprint density at radius 3 is 3.00 bits per heavy atom. The number of para-hydroxylation sites is 1. The number of halogens is 1. The van der Waals surface area contributed by atoms with Gasteiger partial charge in [0.1, 0.15) is 5.75 Å². The zero-order chi connectivity index (χ0) is 15.8. The van der Waals surface area contributed by atoms with Gasteiger partial charge in [0.2, 0.25) is 0 Å². The molecule has 1 unspecified atom stereocenters. The van der Waals surface area contributed by atoms with E-state index >= 15 is 0 Å². The van der Waals surface area contributed by atoms with Gasteiger partial charge in [-0.1, -0.05) is 29.8 Å². The van der Waals surface area contributed by atoms with Gasteiger partial charge in [0.15, 0.2) is 6.10 Å². The van der Waals surface area contributed by atoms with Crippen molar-refractivity contribution in [2.24, 2.45) is 0 Å². The van der Waals surface area contributed by atoms with Gasteiger partial charge in [0.25, 0.3) is 5.91 Å². The van der Waals surface area contributed by atoms with Gasteiger partial charge in [-0.25, -0.2) is 0 Å². The fourth-order valence-electron chi connectivity index (χ4n) is 2.73. The summed E-state index contributed by atoms with van der Waals surface area (Å²) in [5.74, 6) is 0.528. The summed E-state index contributed by atoms with van der Waals surface area (Å²) in [6.45, 7) is 0. The molecule has 1 aliphatic rings. The first kappa shape index (κ1) is 14.0. The van der Waals surface area contributed by atoms with Gasteiger partial charge in [-0.2, -0.15) is 0 Å². The lowest BCUT2D eigenvalue weighted by atomic mass is 10.1. The third-order valence-corrected chi connectivity index (χ3v) is 4.08. The van der Waals surface area contributed by atoms with Crippen molar-refractivity contribution in [1.82, 2.24) is 4.98 Å². The number of hydrogen-bond donors (Lipinski definition) is 1. The Kier molecular flexibility index (Phi) is 3.39. The molecule has 4 nitrogen and oxygen atoms in total. The van der Waals surface area contributed by atoms with Crippen LogP contribution in [0.15, 0.2) is 54.7 Å². The zero-order valence-corrected chi connectivity index (χ0v) is 12.9. The number of carbonyl (C=O) groups is 1. The maximum Gasteiger partial charge on any atom is 0.265 e. The van der Waals surface area contributed by atoms with Gasteiger partial charge in [0.05, 0.1) is 17.4 Å². The average molecular weight is 325 g/mol. The number of carbonyl (C=O) groups excluding carboxylic acids is 1. The Morgan fingerprint density at radius 1 is 1.22 bits per heavy atom. The summed E-state index contributed by atoms with van der Waals surface area (Å²) in [7, 11) is 0. The lowest BCUT2D eigenvalue weighted by molar-refractivity contribution is -0.122. The number of hydrogen-bond acceptors (Lipinski definition) is 3. The van der Waals surface area contributed by atoms with E-state index in [0.29, 0.717) is 22.9 Å². The molecule has 0 bridgehead atoms. The van der Waals surface area contributed by atoms with Crippen molar-refractivity contribution < 1.29 is 9.53 Å². The van der Waals surface area contributed by atoms with Crippen LogP contribution in [0, 0.1) is 0 Å². The van der Waals surface area contributed by atoms with Crippen molar-refractivity contribution in [1.29, 1.82) is 0 Å². The number of benzene rings is 2. The molecule has 1 atom stereocenters. The SMILES string of the molecule is O=C(Nc1cnc2ccccc2c1)C1Cc2cc(Cl)ccc2O1. The maximum absolute atomic E-state index is 12.4. The molecule has 2 heterocycles. The highest BCUT2D eigenvalue weighted by atomic mass is 35.5. The van der Waals surface area contributed by atoms with Crippen LogP contribution in [0.3, 0.4) is 0 Å². The van der Waals surface area contributed by atoms with Crippen LogP contribution in [-0.2, 0) is 11.2 Å². The molecular formula is C18H13ClN2O2. The Morgan fingerprint density at radius 2 is 2.09 bits per heavy atom. The Balaban J connectivity index is 1.51. The monoisotopic (exact) mass is 324 g/mol. The van der Waals surface area contributed by atoms with E-state index in [1.165, 1.54) is 0 Å². The molecule has 1 aromatic heterocycles. The molecule has 5 heteroatoms. The zero-order valence-electron chi connectivity index (χ0n) is 12.1. The topological polar surface area (TPSA) is 51.2 Å². The van der Waals surface area contributed by atoms with E-state index in [0.717, 1.165) is 16.5 Å².